The third kappa shape index (κ3) is 4.77. The minimum absolute atomic E-state index is 0.0124. The molecule has 1 atom stereocenters. The summed E-state index contributed by atoms with van der Waals surface area (Å²) < 4.78 is 21.5. The molecule has 142 valence electrons. The third-order valence-electron chi connectivity index (χ3n) is 4.65. The van der Waals surface area contributed by atoms with Gasteiger partial charge in [0.05, 0.1) is 12.5 Å². The molecular weight excluding hydrogens is 334 g/mol. The Morgan fingerprint density at radius 2 is 2.27 bits per heavy atom. The van der Waals surface area contributed by atoms with E-state index in [9.17, 15) is 4.79 Å². The highest BCUT2D eigenvalue weighted by Gasteiger charge is 2.27. The van der Waals surface area contributed by atoms with Gasteiger partial charge in [-0.2, -0.15) is 0 Å². The molecule has 2 aliphatic rings. The van der Waals surface area contributed by atoms with Gasteiger partial charge in [-0.1, -0.05) is 0 Å². The van der Waals surface area contributed by atoms with Crippen molar-refractivity contribution in [2.45, 2.75) is 19.8 Å². The summed E-state index contributed by atoms with van der Waals surface area (Å²) in [6, 6.07) is 5.80. The van der Waals surface area contributed by atoms with Crippen LogP contribution < -0.4 is 9.47 Å². The number of piperidine rings is 1. The van der Waals surface area contributed by atoms with E-state index in [1.807, 2.05) is 25.1 Å². The molecule has 0 N–H and O–H groups in total. The molecule has 1 fully saturated rings. The Hall–Kier alpha value is -2.05. The maximum atomic E-state index is 12.0. The molecule has 1 saturated heterocycles. The Balaban J connectivity index is 1.60. The number of ether oxygens (including phenoxy) is 4. The Morgan fingerprint density at radius 3 is 3.08 bits per heavy atom. The predicted molar refractivity (Wildman–Crippen MR) is 98.2 cm³/mol. The lowest BCUT2D eigenvalue weighted by Crippen LogP contribution is -2.40. The lowest BCUT2D eigenvalue weighted by molar-refractivity contribution is -0.149. The van der Waals surface area contributed by atoms with Gasteiger partial charge in [0, 0.05) is 31.8 Å². The average Bonchev–Trinajstić information content (AvgIpc) is 2.66. The van der Waals surface area contributed by atoms with Crippen LogP contribution in [0.4, 0.5) is 0 Å². The van der Waals surface area contributed by atoms with Crippen molar-refractivity contribution < 1.29 is 23.7 Å². The topological polar surface area (TPSA) is 57.2 Å². The number of nitrogens with zero attached hydrogens (tertiary/aromatic N) is 1. The number of carbonyl (C=O) groups is 1. The second-order valence-electron chi connectivity index (χ2n) is 6.67. The second-order valence-corrected chi connectivity index (χ2v) is 6.67. The van der Waals surface area contributed by atoms with Crippen LogP contribution >= 0.6 is 0 Å². The van der Waals surface area contributed by atoms with Gasteiger partial charge in [-0.25, -0.2) is 0 Å². The maximum Gasteiger partial charge on any atom is 0.310 e. The van der Waals surface area contributed by atoms with E-state index in [1.165, 1.54) is 5.57 Å². The van der Waals surface area contributed by atoms with Crippen LogP contribution in [0.2, 0.25) is 0 Å². The van der Waals surface area contributed by atoms with Gasteiger partial charge < -0.3 is 18.9 Å². The highest BCUT2D eigenvalue weighted by atomic mass is 16.7. The number of benzene rings is 1. The summed E-state index contributed by atoms with van der Waals surface area (Å²) in [7, 11) is 1.59. The van der Waals surface area contributed by atoms with Gasteiger partial charge in [-0.15, -0.1) is 0 Å². The third-order valence-corrected chi connectivity index (χ3v) is 4.65. The van der Waals surface area contributed by atoms with Gasteiger partial charge in [-0.05, 0) is 50.1 Å². The van der Waals surface area contributed by atoms with E-state index in [4.69, 9.17) is 18.9 Å². The molecule has 3 rings (SSSR count). The minimum atomic E-state index is -0.0694. The summed E-state index contributed by atoms with van der Waals surface area (Å²) in [5.41, 5.74) is 2.27. The number of rotatable bonds is 7. The molecule has 0 unspecified atom stereocenters. The number of carbonyl (C=O) groups excluding carboxylic acids is 1. The quantitative estimate of drug-likeness (QED) is 0.550. The molecule has 6 heteroatoms. The molecule has 26 heavy (non-hydrogen) atoms. The van der Waals surface area contributed by atoms with Crippen LogP contribution in [0.3, 0.4) is 0 Å². The molecule has 0 amide bonds. The van der Waals surface area contributed by atoms with Crippen molar-refractivity contribution in [3.63, 3.8) is 0 Å². The summed E-state index contributed by atoms with van der Waals surface area (Å²) in [4.78, 5) is 14.3. The van der Waals surface area contributed by atoms with Gasteiger partial charge in [0.15, 0.2) is 6.79 Å². The smallest absolute Gasteiger partial charge is 0.310 e. The summed E-state index contributed by atoms with van der Waals surface area (Å²) >= 11 is 0. The molecule has 1 aromatic rings. The van der Waals surface area contributed by atoms with Crippen LogP contribution in [-0.4, -0.2) is 57.6 Å². The fourth-order valence-electron chi connectivity index (χ4n) is 3.44. The van der Waals surface area contributed by atoms with E-state index < -0.39 is 0 Å². The van der Waals surface area contributed by atoms with Crippen molar-refractivity contribution in [2.75, 3.05) is 46.8 Å². The van der Waals surface area contributed by atoms with Crippen molar-refractivity contribution in [1.29, 1.82) is 0 Å². The molecule has 0 aromatic heterocycles. The fourth-order valence-corrected chi connectivity index (χ4v) is 3.44. The molecule has 2 heterocycles. The lowest BCUT2D eigenvalue weighted by atomic mass is 9.97. The van der Waals surface area contributed by atoms with E-state index in [1.54, 1.807) is 7.11 Å². The zero-order chi connectivity index (χ0) is 18.4. The van der Waals surface area contributed by atoms with Crippen LogP contribution in [0.15, 0.2) is 23.8 Å². The van der Waals surface area contributed by atoms with E-state index in [2.05, 4.69) is 11.0 Å². The Bertz CT molecular complexity index is 658. The van der Waals surface area contributed by atoms with Crippen LogP contribution in [0, 0.1) is 5.92 Å². The molecule has 1 aromatic carbocycles. The van der Waals surface area contributed by atoms with E-state index in [-0.39, 0.29) is 18.7 Å². The van der Waals surface area contributed by atoms with Crippen molar-refractivity contribution in [1.82, 2.24) is 4.90 Å². The zero-order valence-corrected chi connectivity index (χ0v) is 15.5. The molecule has 2 aliphatic heterocycles. The molecule has 6 nitrogen and oxygen atoms in total. The molecule has 0 spiro atoms. The van der Waals surface area contributed by atoms with E-state index in [0.29, 0.717) is 13.2 Å². The zero-order valence-electron chi connectivity index (χ0n) is 15.5. The van der Waals surface area contributed by atoms with Gasteiger partial charge in [-0.3, -0.25) is 9.69 Å². The lowest BCUT2D eigenvalue weighted by Gasteiger charge is -2.32. The first-order valence-electron chi connectivity index (χ1n) is 9.16. The molecule has 0 saturated carbocycles. The molecule has 0 aliphatic carbocycles. The second kappa shape index (κ2) is 9.05. The van der Waals surface area contributed by atoms with Crippen LogP contribution in [-0.2, 0) is 14.3 Å². The number of hydrogen-bond donors (Lipinski definition) is 0. The minimum Gasteiger partial charge on any atom is -0.488 e. The SMILES string of the molecule is CCOC(=O)[C@@H]1CCCN(CC2=Cc3ccc(OCOC)cc3OC2)C1. The first kappa shape index (κ1) is 18.7. The van der Waals surface area contributed by atoms with E-state index in [0.717, 1.165) is 49.5 Å². The Kier molecular flexibility index (Phi) is 6.52. The average molecular weight is 361 g/mol. The molecule has 0 bridgehead atoms. The predicted octanol–water partition coefficient (Wildman–Crippen LogP) is 2.72. The maximum absolute atomic E-state index is 12.0. The summed E-state index contributed by atoms with van der Waals surface area (Å²) in [6.07, 6.45) is 4.11. The largest absolute Gasteiger partial charge is 0.488 e. The number of hydrogen-bond acceptors (Lipinski definition) is 6. The first-order chi connectivity index (χ1) is 12.7. The number of methoxy groups -OCH3 is 1. The molecular formula is C20H27NO5. The normalized spacial score (nSPS) is 19.9. The van der Waals surface area contributed by atoms with Gasteiger partial charge >= 0.3 is 5.97 Å². The monoisotopic (exact) mass is 361 g/mol. The summed E-state index contributed by atoms with van der Waals surface area (Å²) in [6.45, 7) is 5.65. The van der Waals surface area contributed by atoms with Crippen molar-refractivity contribution in [3.05, 3.63) is 29.3 Å². The van der Waals surface area contributed by atoms with Crippen LogP contribution in [0.25, 0.3) is 6.08 Å². The summed E-state index contributed by atoms with van der Waals surface area (Å²) in [5.74, 6) is 1.47. The Morgan fingerprint density at radius 1 is 1.38 bits per heavy atom. The summed E-state index contributed by atoms with van der Waals surface area (Å²) in [5, 5.41) is 0. The Labute approximate surface area is 154 Å². The van der Waals surface area contributed by atoms with Crippen molar-refractivity contribution in [2.24, 2.45) is 5.92 Å². The number of likely N-dealkylation sites (tertiary alicyclic amines) is 1. The first-order valence-corrected chi connectivity index (χ1v) is 9.16. The number of fused-ring (bicyclic) bond motifs is 1. The van der Waals surface area contributed by atoms with Gasteiger partial charge in [0.25, 0.3) is 0 Å². The molecule has 0 radical (unpaired) electrons. The van der Waals surface area contributed by atoms with Crippen molar-refractivity contribution in [3.8, 4) is 11.5 Å². The van der Waals surface area contributed by atoms with E-state index >= 15 is 0 Å². The standard InChI is InChI=1S/C20H27NO5/c1-3-24-20(22)17-5-4-8-21(12-17)11-15-9-16-6-7-18(26-14-23-2)10-19(16)25-13-15/h6-7,9-10,17H,3-5,8,11-14H2,1-2H3/t17-/m1/s1. The number of esters is 1. The van der Waals surface area contributed by atoms with Crippen molar-refractivity contribution >= 4 is 12.0 Å². The van der Waals surface area contributed by atoms with Gasteiger partial charge in [0.1, 0.15) is 18.1 Å². The fraction of sp³-hybridized carbons (Fsp3) is 0.550. The van der Waals surface area contributed by atoms with Crippen LogP contribution in [0.5, 0.6) is 11.5 Å². The highest BCUT2D eigenvalue weighted by Crippen LogP contribution is 2.31. The van der Waals surface area contributed by atoms with Crippen LogP contribution in [0.1, 0.15) is 25.3 Å². The highest BCUT2D eigenvalue weighted by molar-refractivity contribution is 5.72. The van der Waals surface area contributed by atoms with Gasteiger partial charge in [0.2, 0.25) is 0 Å².